The number of carboxylic acids is 1. The molecule has 0 amide bonds. The van der Waals surface area contributed by atoms with Crippen LogP contribution >= 0.6 is 0 Å². The van der Waals surface area contributed by atoms with Gasteiger partial charge in [-0.2, -0.15) is 5.10 Å². The minimum Gasteiger partial charge on any atom is -0.478 e. The van der Waals surface area contributed by atoms with E-state index in [0.717, 1.165) is 37.3 Å². The van der Waals surface area contributed by atoms with Crippen LogP contribution in [0.3, 0.4) is 0 Å². The molecule has 0 radical (unpaired) electrons. The van der Waals surface area contributed by atoms with E-state index in [9.17, 15) is 9.90 Å². The van der Waals surface area contributed by atoms with Crippen molar-refractivity contribution in [2.24, 2.45) is 0 Å². The first-order valence-corrected chi connectivity index (χ1v) is 8.84. The molecule has 1 aliphatic rings. The maximum atomic E-state index is 11.5. The maximum absolute atomic E-state index is 11.5. The summed E-state index contributed by atoms with van der Waals surface area (Å²) in [7, 11) is 0. The Morgan fingerprint density at radius 3 is 2.85 bits per heavy atom. The summed E-state index contributed by atoms with van der Waals surface area (Å²) < 4.78 is 1.86. The van der Waals surface area contributed by atoms with Gasteiger partial charge in [-0.1, -0.05) is 30.3 Å². The van der Waals surface area contributed by atoms with Crippen molar-refractivity contribution in [3.63, 3.8) is 0 Å². The number of aromatic carboxylic acids is 1. The van der Waals surface area contributed by atoms with Gasteiger partial charge in [0.15, 0.2) is 0 Å². The molecule has 0 bridgehead atoms. The molecule has 3 aromatic rings. The van der Waals surface area contributed by atoms with Gasteiger partial charge in [0.2, 0.25) is 0 Å². The number of carboxylic acid groups (broad SMARTS) is 1. The molecular formula is C21H21N3O2. The molecule has 0 unspecified atom stereocenters. The number of nitrogens with zero attached hydrogens (tertiary/aromatic N) is 3. The molecule has 2 heterocycles. The zero-order chi connectivity index (χ0) is 17.9. The molecule has 0 spiro atoms. The van der Waals surface area contributed by atoms with Gasteiger partial charge < -0.3 is 5.11 Å². The standard InChI is InChI=1S/C21H21N3O2/c25-21(26)20-8-2-1-7-19(20)17-9-12-23(15-17)14-16-5-3-6-18(13-16)24-11-4-10-22-24/h1-8,10-11,13,17H,9,12,14-15H2,(H,25,26)/t17-/m0/s1. The average molecular weight is 347 g/mol. The number of rotatable bonds is 5. The third-order valence-electron chi connectivity index (χ3n) is 4.99. The Balaban J connectivity index is 1.47. The molecule has 5 heteroatoms. The number of hydrogen-bond donors (Lipinski definition) is 1. The Bertz CT molecular complexity index is 905. The van der Waals surface area contributed by atoms with Crippen LogP contribution in [-0.2, 0) is 6.54 Å². The van der Waals surface area contributed by atoms with Crippen molar-refractivity contribution in [3.8, 4) is 5.69 Å². The van der Waals surface area contributed by atoms with Crippen LogP contribution in [0.2, 0.25) is 0 Å². The average Bonchev–Trinajstić information content (AvgIpc) is 3.34. The fraction of sp³-hybridized carbons (Fsp3) is 0.238. The van der Waals surface area contributed by atoms with Crippen LogP contribution in [0.5, 0.6) is 0 Å². The molecule has 1 fully saturated rings. The molecule has 0 aliphatic carbocycles. The Morgan fingerprint density at radius 2 is 2.04 bits per heavy atom. The van der Waals surface area contributed by atoms with E-state index in [-0.39, 0.29) is 5.92 Å². The van der Waals surface area contributed by atoms with E-state index < -0.39 is 5.97 Å². The van der Waals surface area contributed by atoms with Crippen LogP contribution in [0, 0.1) is 0 Å². The summed E-state index contributed by atoms with van der Waals surface area (Å²) in [5.74, 6) is -0.567. The lowest BCUT2D eigenvalue weighted by Gasteiger charge is -2.17. The SMILES string of the molecule is O=C(O)c1ccccc1[C@H]1CCN(Cc2cccc(-n3cccn3)c2)C1. The van der Waals surface area contributed by atoms with Crippen molar-refractivity contribution >= 4 is 5.97 Å². The number of carbonyl (C=O) groups is 1. The Morgan fingerprint density at radius 1 is 1.15 bits per heavy atom. The molecule has 4 rings (SSSR count). The van der Waals surface area contributed by atoms with Crippen molar-refractivity contribution < 1.29 is 9.90 Å². The van der Waals surface area contributed by atoms with Gasteiger partial charge in [-0.3, -0.25) is 4.90 Å². The lowest BCUT2D eigenvalue weighted by Crippen LogP contribution is -2.20. The van der Waals surface area contributed by atoms with E-state index in [1.807, 2.05) is 35.1 Å². The summed E-state index contributed by atoms with van der Waals surface area (Å²) in [6.45, 7) is 2.72. The van der Waals surface area contributed by atoms with Crippen molar-refractivity contribution in [1.82, 2.24) is 14.7 Å². The van der Waals surface area contributed by atoms with Crippen LogP contribution in [0.15, 0.2) is 67.0 Å². The number of hydrogen-bond acceptors (Lipinski definition) is 3. The Kier molecular flexibility index (Phi) is 4.54. The summed E-state index contributed by atoms with van der Waals surface area (Å²) in [6, 6.07) is 17.7. The fourth-order valence-corrected chi connectivity index (χ4v) is 3.75. The number of likely N-dealkylation sites (tertiary alicyclic amines) is 1. The molecule has 1 saturated heterocycles. The third kappa shape index (κ3) is 3.39. The van der Waals surface area contributed by atoms with E-state index in [0.29, 0.717) is 5.56 Å². The van der Waals surface area contributed by atoms with E-state index in [4.69, 9.17) is 0 Å². The molecule has 2 aromatic carbocycles. The van der Waals surface area contributed by atoms with Crippen LogP contribution in [0.4, 0.5) is 0 Å². The molecule has 1 aliphatic heterocycles. The lowest BCUT2D eigenvalue weighted by atomic mass is 9.93. The van der Waals surface area contributed by atoms with Gasteiger partial charge in [0.25, 0.3) is 0 Å². The quantitative estimate of drug-likeness (QED) is 0.767. The summed E-state index contributed by atoms with van der Waals surface area (Å²) in [5, 5.41) is 13.7. The molecule has 26 heavy (non-hydrogen) atoms. The first kappa shape index (κ1) is 16.5. The minimum absolute atomic E-state index is 0.275. The predicted octanol–water partition coefficient (Wildman–Crippen LogP) is 3.56. The van der Waals surface area contributed by atoms with Crippen molar-refractivity contribution in [3.05, 3.63) is 83.7 Å². The molecule has 0 saturated carbocycles. The van der Waals surface area contributed by atoms with Gasteiger partial charge in [0.1, 0.15) is 0 Å². The van der Waals surface area contributed by atoms with Crippen LogP contribution < -0.4 is 0 Å². The van der Waals surface area contributed by atoms with E-state index in [2.05, 4.69) is 28.2 Å². The van der Waals surface area contributed by atoms with Gasteiger partial charge in [0, 0.05) is 25.5 Å². The van der Waals surface area contributed by atoms with Crippen molar-refractivity contribution in [1.29, 1.82) is 0 Å². The Labute approximate surface area is 152 Å². The first-order valence-electron chi connectivity index (χ1n) is 8.84. The highest BCUT2D eigenvalue weighted by Crippen LogP contribution is 2.30. The number of benzene rings is 2. The summed E-state index contributed by atoms with van der Waals surface area (Å²) in [6.07, 6.45) is 4.70. The van der Waals surface area contributed by atoms with E-state index >= 15 is 0 Å². The van der Waals surface area contributed by atoms with Gasteiger partial charge in [-0.05, 0) is 54.3 Å². The zero-order valence-electron chi connectivity index (χ0n) is 14.5. The smallest absolute Gasteiger partial charge is 0.335 e. The second-order valence-electron chi connectivity index (χ2n) is 6.73. The van der Waals surface area contributed by atoms with Gasteiger partial charge in [-0.15, -0.1) is 0 Å². The van der Waals surface area contributed by atoms with Crippen LogP contribution in [0.25, 0.3) is 5.69 Å². The summed E-state index contributed by atoms with van der Waals surface area (Å²) >= 11 is 0. The van der Waals surface area contributed by atoms with E-state index in [1.165, 1.54) is 5.56 Å². The topological polar surface area (TPSA) is 58.4 Å². The zero-order valence-corrected chi connectivity index (χ0v) is 14.5. The highest BCUT2D eigenvalue weighted by Gasteiger charge is 2.26. The lowest BCUT2D eigenvalue weighted by molar-refractivity contribution is 0.0695. The molecule has 132 valence electrons. The second kappa shape index (κ2) is 7.14. The van der Waals surface area contributed by atoms with Crippen molar-refractivity contribution in [2.45, 2.75) is 18.9 Å². The van der Waals surface area contributed by atoms with Crippen molar-refractivity contribution in [2.75, 3.05) is 13.1 Å². The minimum atomic E-state index is -0.842. The highest BCUT2D eigenvalue weighted by atomic mass is 16.4. The fourth-order valence-electron chi connectivity index (χ4n) is 3.75. The van der Waals surface area contributed by atoms with Crippen LogP contribution in [-0.4, -0.2) is 38.8 Å². The molecule has 1 N–H and O–H groups in total. The molecule has 5 nitrogen and oxygen atoms in total. The van der Waals surface area contributed by atoms with E-state index in [1.54, 1.807) is 18.3 Å². The predicted molar refractivity (Wildman–Crippen MR) is 99.6 cm³/mol. The number of aromatic nitrogens is 2. The van der Waals surface area contributed by atoms with Gasteiger partial charge >= 0.3 is 5.97 Å². The largest absolute Gasteiger partial charge is 0.478 e. The van der Waals surface area contributed by atoms with Crippen LogP contribution in [0.1, 0.15) is 33.8 Å². The van der Waals surface area contributed by atoms with Gasteiger partial charge in [0.05, 0.1) is 11.3 Å². The summed E-state index contributed by atoms with van der Waals surface area (Å²) in [4.78, 5) is 13.9. The molecule has 1 atom stereocenters. The highest BCUT2D eigenvalue weighted by molar-refractivity contribution is 5.89. The first-order chi connectivity index (χ1) is 12.7. The maximum Gasteiger partial charge on any atom is 0.335 e. The molecule has 1 aromatic heterocycles. The monoisotopic (exact) mass is 347 g/mol. The third-order valence-corrected chi connectivity index (χ3v) is 4.99. The normalized spacial score (nSPS) is 17.5. The second-order valence-corrected chi connectivity index (χ2v) is 6.73. The Hall–Kier alpha value is -2.92. The molecular weight excluding hydrogens is 326 g/mol. The van der Waals surface area contributed by atoms with Gasteiger partial charge in [-0.25, -0.2) is 9.48 Å². The summed E-state index contributed by atoms with van der Waals surface area (Å²) in [5.41, 5.74) is 3.68.